The summed E-state index contributed by atoms with van der Waals surface area (Å²) in [6, 6.07) is 9.66. The minimum Gasteiger partial charge on any atom is -0.447 e. The van der Waals surface area contributed by atoms with Crippen LogP contribution in [0.1, 0.15) is 31.2 Å². The summed E-state index contributed by atoms with van der Waals surface area (Å²) in [6.45, 7) is 3.54. The molecule has 4 atom stereocenters. The molecule has 0 spiro atoms. The largest absolute Gasteiger partial charge is 0.447 e. The number of thiophene rings is 1. The molecular formula is C16H13BrN4O2S. The molecular weight excluding hydrogens is 392 g/mol. The fourth-order valence-electron chi connectivity index (χ4n) is 3.77. The summed E-state index contributed by atoms with van der Waals surface area (Å²) in [6.07, 6.45) is -0.571. The van der Waals surface area contributed by atoms with Gasteiger partial charge in [-0.05, 0) is 28.1 Å². The van der Waals surface area contributed by atoms with Crippen LogP contribution in [0.3, 0.4) is 0 Å². The van der Waals surface area contributed by atoms with Gasteiger partial charge in [0.25, 0.3) is 0 Å². The van der Waals surface area contributed by atoms with Crippen LogP contribution in [0.25, 0.3) is 0 Å². The van der Waals surface area contributed by atoms with Crippen molar-refractivity contribution in [2.75, 3.05) is 0 Å². The molecule has 2 aliphatic heterocycles. The van der Waals surface area contributed by atoms with E-state index in [1.165, 1.54) is 11.3 Å². The number of hydrogen-bond donors (Lipinski definition) is 1. The van der Waals surface area contributed by atoms with Crippen LogP contribution in [0.5, 0.6) is 0 Å². The van der Waals surface area contributed by atoms with E-state index in [1.807, 2.05) is 19.1 Å². The van der Waals surface area contributed by atoms with Crippen molar-refractivity contribution < 1.29 is 9.47 Å². The van der Waals surface area contributed by atoms with Gasteiger partial charge in [0.2, 0.25) is 17.1 Å². The topological polar surface area (TPSA) is 114 Å². The van der Waals surface area contributed by atoms with E-state index in [-0.39, 0.29) is 5.90 Å². The van der Waals surface area contributed by atoms with E-state index in [4.69, 9.17) is 14.9 Å². The molecule has 0 amide bonds. The van der Waals surface area contributed by atoms with Crippen molar-refractivity contribution in [2.24, 2.45) is 16.7 Å². The SMILES string of the molecule is CCC12OC(=N)C(C#N)(C1C)C(C#N)(C#N)C(c1ccc(Br)s1)O2. The van der Waals surface area contributed by atoms with Crippen molar-refractivity contribution in [3.05, 3.63) is 20.8 Å². The molecule has 2 saturated heterocycles. The van der Waals surface area contributed by atoms with E-state index in [9.17, 15) is 15.8 Å². The van der Waals surface area contributed by atoms with E-state index in [1.54, 1.807) is 19.1 Å². The Morgan fingerprint density at radius 2 is 1.96 bits per heavy atom. The normalized spacial score (nSPS) is 36.2. The standard InChI is InChI=1S/C16H13BrN4O2S/c1-3-16-9(2)15(8-20,13(21)23-16)14(6-18,7-19)12(22-16)10-4-5-11(17)24-10/h4-5,9,12,21H,3H2,1-2H3. The lowest BCUT2D eigenvalue weighted by Gasteiger charge is -2.48. The Kier molecular flexibility index (Phi) is 3.73. The number of fused-ring (bicyclic) bond motifs is 2. The first-order valence-corrected chi connectivity index (χ1v) is 8.93. The van der Waals surface area contributed by atoms with E-state index in [0.29, 0.717) is 11.3 Å². The third-order valence-corrected chi connectivity index (χ3v) is 6.82. The molecule has 2 fully saturated rings. The molecule has 6 nitrogen and oxygen atoms in total. The van der Waals surface area contributed by atoms with E-state index in [0.717, 1.165) is 3.79 Å². The number of ether oxygens (including phenoxy) is 2. The third-order valence-electron chi connectivity index (χ3n) is 5.15. The van der Waals surface area contributed by atoms with Crippen LogP contribution in [-0.2, 0) is 9.47 Å². The van der Waals surface area contributed by atoms with Crippen LogP contribution in [0.4, 0.5) is 0 Å². The molecule has 1 aromatic rings. The highest BCUT2D eigenvalue weighted by atomic mass is 79.9. The number of nitrogens with one attached hydrogen (secondary N) is 1. The van der Waals surface area contributed by atoms with Crippen molar-refractivity contribution in [1.29, 1.82) is 21.2 Å². The number of rotatable bonds is 2. The van der Waals surface area contributed by atoms with Gasteiger partial charge in [0.05, 0.1) is 27.9 Å². The smallest absolute Gasteiger partial charge is 0.217 e. The quantitative estimate of drug-likeness (QED) is 0.802. The maximum absolute atomic E-state index is 9.95. The predicted molar refractivity (Wildman–Crippen MR) is 88.5 cm³/mol. The summed E-state index contributed by atoms with van der Waals surface area (Å²) < 4.78 is 12.7. The highest BCUT2D eigenvalue weighted by Gasteiger charge is 2.79. The zero-order chi connectivity index (χ0) is 17.8. The van der Waals surface area contributed by atoms with Crippen molar-refractivity contribution in [3.8, 4) is 18.2 Å². The van der Waals surface area contributed by atoms with Crippen molar-refractivity contribution >= 4 is 33.2 Å². The second-order valence-corrected chi connectivity index (χ2v) is 8.40. The van der Waals surface area contributed by atoms with E-state index < -0.39 is 28.6 Å². The van der Waals surface area contributed by atoms with Crippen LogP contribution >= 0.6 is 27.3 Å². The summed E-state index contributed by atoms with van der Waals surface area (Å²) in [7, 11) is 0. The van der Waals surface area contributed by atoms with Crippen molar-refractivity contribution in [2.45, 2.75) is 32.2 Å². The number of nitrogens with zero attached hydrogens (tertiary/aromatic N) is 3. The monoisotopic (exact) mass is 404 g/mol. The Morgan fingerprint density at radius 1 is 1.29 bits per heavy atom. The summed E-state index contributed by atoms with van der Waals surface area (Å²) in [5.41, 5.74) is -3.54. The molecule has 122 valence electrons. The molecule has 0 radical (unpaired) electrons. The predicted octanol–water partition coefficient (Wildman–Crippen LogP) is 3.88. The zero-order valence-electron chi connectivity index (χ0n) is 13.0. The molecule has 4 unspecified atom stereocenters. The molecule has 24 heavy (non-hydrogen) atoms. The van der Waals surface area contributed by atoms with Gasteiger partial charge in [-0.25, -0.2) is 0 Å². The molecule has 1 N–H and O–H groups in total. The Balaban J connectivity index is 2.34. The highest BCUT2D eigenvalue weighted by Crippen LogP contribution is 2.67. The summed E-state index contributed by atoms with van der Waals surface area (Å²) >= 11 is 4.70. The molecule has 1 aromatic heterocycles. The van der Waals surface area contributed by atoms with Crippen LogP contribution < -0.4 is 0 Å². The van der Waals surface area contributed by atoms with Gasteiger partial charge in [-0.3, -0.25) is 5.41 Å². The molecule has 3 heterocycles. The number of halogens is 1. The molecule has 2 bridgehead atoms. The van der Waals surface area contributed by atoms with E-state index >= 15 is 0 Å². The van der Waals surface area contributed by atoms with Crippen LogP contribution in [-0.4, -0.2) is 11.7 Å². The first kappa shape index (κ1) is 16.9. The Hall–Kier alpha value is -1.92. The van der Waals surface area contributed by atoms with Gasteiger partial charge < -0.3 is 9.47 Å². The second kappa shape index (κ2) is 5.29. The summed E-state index contributed by atoms with van der Waals surface area (Å²) in [5.74, 6) is -2.17. The molecule has 8 heteroatoms. The van der Waals surface area contributed by atoms with Crippen molar-refractivity contribution in [3.63, 3.8) is 0 Å². The van der Waals surface area contributed by atoms with Gasteiger partial charge >= 0.3 is 0 Å². The minimum absolute atomic E-state index is 0.361. The molecule has 2 aliphatic rings. The molecule has 0 saturated carbocycles. The minimum atomic E-state index is -1.86. The lowest BCUT2D eigenvalue weighted by molar-refractivity contribution is -0.279. The Morgan fingerprint density at radius 3 is 2.42 bits per heavy atom. The summed E-state index contributed by atoms with van der Waals surface area (Å²) in [5, 5.41) is 38.1. The first-order chi connectivity index (χ1) is 11.4. The third kappa shape index (κ3) is 1.67. The maximum atomic E-state index is 9.95. The van der Waals surface area contributed by atoms with Gasteiger partial charge in [-0.2, -0.15) is 15.8 Å². The molecule has 0 aromatic carbocycles. The Labute approximate surface area is 151 Å². The molecule has 3 rings (SSSR count). The second-order valence-electron chi connectivity index (χ2n) is 5.91. The average Bonchev–Trinajstić information content (AvgIpc) is 3.07. The zero-order valence-corrected chi connectivity index (χ0v) is 15.4. The molecule has 0 aliphatic carbocycles. The Bertz CT molecular complexity index is 833. The fourth-order valence-corrected chi connectivity index (χ4v) is 5.29. The van der Waals surface area contributed by atoms with Crippen LogP contribution in [0, 0.1) is 56.2 Å². The first-order valence-electron chi connectivity index (χ1n) is 7.32. The van der Waals surface area contributed by atoms with Gasteiger partial charge in [-0.15, -0.1) is 11.3 Å². The van der Waals surface area contributed by atoms with Crippen LogP contribution in [0.2, 0.25) is 0 Å². The highest BCUT2D eigenvalue weighted by molar-refractivity contribution is 9.11. The number of hydrogen-bond acceptors (Lipinski definition) is 7. The van der Waals surface area contributed by atoms with Crippen molar-refractivity contribution in [1.82, 2.24) is 0 Å². The van der Waals surface area contributed by atoms with Crippen LogP contribution in [0.15, 0.2) is 15.9 Å². The lowest BCUT2D eigenvalue weighted by Crippen LogP contribution is -2.58. The fraction of sp³-hybridized carbons (Fsp3) is 0.500. The number of nitriles is 3. The van der Waals surface area contributed by atoms with Gasteiger partial charge in [0, 0.05) is 11.3 Å². The lowest BCUT2D eigenvalue weighted by atomic mass is 9.54. The summed E-state index contributed by atoms with van der Waals surface area (Å²) in [4.78, 5) is 0.646. The van der Waals surface area contributed by atoms with Gasteiger partial charge in [-0.1, -0.05) is 13.8 Å². The average molecular weight is 405 g/mol. The van der Waals surface area contributed by atoms with Gasteiger partial charge in [0.15, 0.2) is 5.41 Å². The van der Waals surface area contributed by atoms with Gasteiger partial charge in [0.1, 0.15) is 6.10 Å². The van der Waals surface area contributed by atoms with E-state index in [2.05, 4.69) is 22.0 Å². The maximum Gasteiger partial charge on any atom is 0.217 e.